The number of carbonyl (C=O) groups excluding carboxylic acids is 2. The van der Waals surface area contributed by atoms with E-state index in [1.165, 1.54) is 0 Å². The van der Waals surface area contributed by atoms with Crippen molar-refractivity contribution in [1.82, 2.24) is 10.9 Å². The number of hydrogen-bond acceptors (Lipinski definition) is 4. The molecule has 6 heteroatoms. The van der Waals surface area contributed by atoms with Gasteiger partial charge in [-0.25, -0.2) is 0 Å². The lowest BCUT2D eigenvalue weighted by molar-refractivity contribution is -0.131. The first-order valence-electron chi connectivity index (χ1n) is 9.28. The van der Waals surface area contributed by atoms with Crippen LogP contribution in [0.1, 0.15) is 42.0 Å². The predicted molar refractivity (Wildman–Crippen MR) is 108 cm³/mol. The van der Waals surface area contributed by atoms with E-state index in [2.05, 4.69) is 24.7 Å². The first kappa shape index (κ1) is 21.3. The summed E-state index contributed by atoms with van der Waals surface area (Å²) in [5, 5.41) is 0. The number of benzene rings is 2. The van der Waals surface area contributed by atoms with Crippen molar-refractivity contribution in [3.05, 3.63) is 58.7 Å². The van der Waals surface area contributed by atoms with Crippen molar-refractivity contribution in [1.29, 1.82) is 0 Å². The molecule has 6 nitrogen and oxygen atoms in total. The van der Waals surface area contributed by atoms with Crippen LogP contribution in [0.4, 0.5) is 0 Å². The van der Waals surface area contributed by atoms with E-state index in [9.17, 15) is 9.59 Å². The molecule has 0 radical (unpaired) electrons. The zero-order chi connectivity index (χ0) is 20.7. The largest absolute Gasteiger partial charge is 0.483 e. The van der Waals surface area contributed by atoms with Crippen molar-refractivity contribution in [3.8, 4) is 11.5 Å². The Morgan fingerprint density at radius 2 is 1.50 bits per heavy atom. The van der Waals surface area contributed by atoms with Gasteiger partial charge < -0.3 is 9.47 Å². The van der Waals surface area contributed by atoms with Crippen molar-refractivity contribution in [2.45, 2.75) is 40.5 Å². The lowest BCUT2D eigenvalue weighted by atomic mass is 10.0. The molecule has 0 saturated heterocycles. The van der Waals surface area contributed by atoms with E-state index in [0.29, 0.717) is 11.5 Å². The molecular weight excluding hydrogens is 356 g/mol. The van der Waals surface area contributed by atoms with Crippen LogP contribution in [-0.4, -0.2) is 25.0 Å². The Morgan fingerprint density at radius 3 is 2.11 bits per heavy atom. The lowest BCUT2D eigenvalue weighted by Crippen LogP contribution is -2.45. The minimum atomic E-state index is -0.451. The Bertz CT molecular complexity index is 846. The third kappa shape index (κ3) is 6.01. The Hall–Kier alpha value is -3.02. The maximum atomic E-state index is 12.0. The highest BCUT2D eigenvalue weighted by atomic mass is 16.5. The Labute approximate surface area is 166 Å². The summed E-state index contributed by atoms with van der Waals surface area (Å²) < 4.78 is 11.1. The molecule has 0 fully saturated rings. The zero-order valence-corrected chi connectivity index (χ0v) is 17.1. The van der Waals surface area contributed by atoms with Crippen LogP contribution in [-0.2, 0) is 9.59 Å². The zero-order valence-electron chi connectivity index (χ0n) is 17.1. The first-order valence-corrected chi connectivity index (χ1v) is 9.28. The second-order valence-corrected chi connectivity index (χ2v) is 7.07. The highest BCUT2D eigenvalue weighted by Gasteiger charge is 2.11. The van der Waals surface area contributed by atoms with Crippen molar-refractivity contribution in [3.63, 3.8) is 0 Å². The molecule has 28 heavy (non-hydrogen) atoms. The molecule has 2 aromatic rings. The molecule has 0 bridgehead atoms. The summed E-state index contributed by atoms with van der Waals surface area (Å²) in [7, 11) is 0. The van der Waals surface area contributed by atoms with Crippen LogP contribution in [0.3, 0.4) is 0 Å². The second-order valence-electron chi connectivity index (χ2n) is 7.07. The number of hydrazine groups is 1. The molecule has 2 amide bonds. The number of hydrogen-bond donors (Lipinski definition) is 2. The number of rotatable bonds is 7. The van der Waals surface area contributed by atoms with Gasteiger partial charge in [0.05, 0.1) is 0 Å². The van der Waals surface area contributed by atoms with Crippen molar-refractivity contribution in [2.75, 3.05) is 13.2 Å². The molecule has 0 saturated carbocycles. The van der Waals surface area contributed by atoms with Crippen LogP contribution in [0.2, 0.25) is 0 Å². The molecule has 0 atom stereocenters. The summed E-state index contributed by atoms with van der Waals surface area (Å²) in [5.74, 6) is 0.699. The van der Waals surface area contributed by atoms with Gasteiger partial charge >= 0.3 is 0 Å². The average molecular weight is 384 g/mol. The van der Waals surface area contributed by atoms with Gasteiger partial charge in [0, 0.05) is 0 Å². The third-order valence-electron chi connectivity index (χ3n) is 4.40. The van der Waals surface area contributed by atoms with E-state index in [1.807, 2.05) is 51.1 Å². The van der Waals surface area contributed by atoms with Crippen molar-refractivity contribution >= 4 is 11.8 Å². The van der Waals surface area contributed by atoms with Crippen LogP contribution < -0.4 is 20.3 Å². The molecule has 0 aliphatic rings. The number of amides is 2. The second kappa shape index (κ2) is 9.78. The van der Waals surface area contributed by atoms with Gasteiger partial charge in [0.25, 0.3) is 11.8 Å². The van der Waals surface area contributed by atoms with Gasteiger partial charge in [0.15, 0.2) is 13.2 Å². The van der Waals surface area contributed by atoms with Crippen LogP contribution in [0.15, 0.2) is 36.4 Å². The fraction of sp³-hybridized carbons (Fsp3) is 0.364. The summed E-state index contributed by atoms with van der Waals surface area (Å²) in [6, 6.07) is 11.6. The summed E-state index contributed by atoms with van der Waals surface area (Å²) in [6.07, 6.45) is 0. The van der Waals surface area contributed by atoms with Gasteiger partial charge in [-0.15, -0.1) is 0 Å². The third-order valence-corrected chi connectivity index (χ3v) is 4.40. The monoisotopic (exact) mass is 384 g/mol. The van der Waals surface area contributed by atoms with E-state index in [4.69, 9.17) is 9.47 Å². The molecule has 0 heterocycles. The van der Waals surface area contributed by atoms with E-state index in [1.54, 1.807) is 6.07 Å². The van der Waals surface area contributed by atoms with E-state index >= 15 is 0 Å². The van der Waals surface area contributed by atoms with Crippen LogP contribution in [0.5, 0.6) is 11.5 Å². The number of ether oxygens (including phenoxy) is 2. The number of aryl methyl sites for hydroxylation is 2. The topological polar surface area (TPSA) is 76.7 Å². The summed E-state index contributed by atoms with van der Waals surface area (Å²) in [4.78, 5) is 23.9. The van der Waals surface area contributed by atoms with E-state index < -0.39 is 11.8 Å². The minimum absolute atomic E-state index is 0.193. The normalized spacial score (nSPS) is 10.5. The Morgan fingerprint density at radius 1 is 0.893 bits per heavy atom. The van der Waals surface area contributed by atoms with Gasteiger partial charge in [-0.1, -0.05) is 38.1 Å². The Balaban J connectivity index is 1.79. The predicted octanol–water partition coefficient (Wildman–Crippen LogP) is 3.34. The fourth-order valence-corrected chi connectivity index (χ4v) is 2.62. The number of nitrogens with one attached hydrogen (secondary N) is 2. The van der Waals surface area contributed by atoms with Gasteiger partial charge in [-0.2, -0.15) is 0 Å². The summed E-state index contributed by atoms with van der Waals surface area (Å²) in [5.41, 5.74) is 8.81. The van der Waals surface area contributed by atoms with Crippen LogP contribution in [0, 0.1) is 20.8 Å². The van der Waals surface area contributed by atoms with Crippen molar-refractivity contribution < 1.29 is 19.1 Å². The van der Waals surface area contributed by atoms with Gasteiger partial charge in [-0.05, 0) is 61.1 Å². The SMILES string of the molecule is Cc1ccc(C(C)C)c(OCC(=O)NNC(=O)COc2cccc(C)c2C)c1. The molecule has 2 rings (SSSR count). The molecular formula is C22H28N2O4. The molecule has 2 aromatic carbocycles. The highest BCUT2D eigenvalue weighted by Crippen LogP contribution is 2.27. The standard InChI is InChI=1S/C22H28N2O4/c1-14(2)18-10-9-15(3)11-20(18)28-13-22(26)24-23-21(25)12-27-19-8-6-7-16(4)17(19)5/h6-11,14H,12-13H2,1-5H3,(H,23,25)(H,24,26). The van der Waals surface area contributed by atoms with Gasteiger partial charge in [0.2, 0.25) is 0 Å². The minimum Gasteiger partial charge on any atom is -0.483 e. The first-order chi connectivity index (χ1) is 13.3. The summed E-state index contributed by atoms with van der Waals surface area (Å²) >= 11 is 0. The molecule has 0 aliphatic heterocycles. The number of carbonyl (C=O) groups is 2. The van der Waals surface area contributed by atoms with Crippen LogP contribution >= 0.6 is 0 Å². The molecule has 2 N–H and O–H groups in total. The van der Waals surface area contributed by atoms with Gasteiger partial charge in [0.1, 0.15) is 11.5 Å². The molecule has 0 aromatic heterocycles. The quantitative estimate of drug-likeness (QED) is 0.718. The van der Waals surface area contributed by atoms with E-state index in [-0.39, 0.29) is 19.1 Å². The average Bonchev–Trinajstić information content (AvgIpc) is 2.65. The highest BCUT2D eigenvalue weighted by molar-refractivity contribution is 5.83. The van der Waals surface area contributed by atoms with Crippen molar-refractivity contribution in [2.24, 2.45) is 0 Å². The fourth-order valence-electron chi connectivity index (χ4n) is 2.62. The maximum Gasteiger partial charge on any atom is 0.276 e. The van der Waals surface area contributed by atoms with Crippen LogP contribution in [0.25, 0.3) is 0 Å². The lowest BCUT2D eigenvalue weighted by Gasteiger charge is -2.15. The van der Waals surface area contributed by atoms with E-state index in [0.717, 1.165) is 22.3 Å². The summed E-state index contributed by atoms with van der Waals surface area (Å²) in [6.45, 7) is 9.61. The molecule has 0 spiro atoms. The molecule has 0 unspecified atom stereocenters. The van der Waals surface area contributed by atoms with Gasteiger partial charge in [-0.3, -0.25) is 20.4 Å². The smallest absolute Gasteiger partial charge is 0.276 e. The maximum absolute atomic E-state index is 12.0. The Kier molecular flexibility index (Phi) is 7.44. The molecule has 0 aliphatic carbocycles. The molecule has 150 valence electrons.